The van der Waals surface area contributed by atoms with E-state index in [0.29, 0.717) is 12.4 Å². The molecule has 1 heterocycles. The summed E-state index contributed by atoms with van der Waals surface area (Å²) in [5, 5.41) is 7.55. The Morgan fingerprint density at radius 2 is 1.88 bits per heavy atom. The van der Waals surface area contributed by atoms with Gasteiger partial charge in [0.25, 0.3) is 14.2 Å². The van der Waals surface area contributed by atoms with Crippen LogP contribution in [0.3, 0.4) is 0 Å². The molecule has 0 fully saturated rings. The van der Waals surface area contributed by atoms with Crippen molar-refractivity contribution < 1.29 is 8.42 Å². The van der Waals surface area contributed by atoms with Crippen molar-refractivity contribution in [2.75, 3.05) is 0 Å². The molecule has 0 aliphatic carbocycles. The molecule has 0 bridgehead atoms. The van der Waals surface area contributed by atoms with Crippen LogP contribution in [-0.4, -0.2) is 23.2 Å². The highest BCUT2D eigenvalue weighted by Crippen LogP contribution is 2.27. The quantitative estimate of drug-likeness (QED) is 0.776. The van der Waals surface area contributed by atoms with Crippen molar-refractivity contribution in [3.05, 3.63) is 5.82 Å². The van der Waals surface area contributed by atoms with Gasteiger partial charge < -0.3 is 4.57 Å². The summed E-state index contributed by atoms with van der Waals surface area (Å²) in [6.07, 6.45) is 1.64. The maximum atomic E-state index is 11.4. The van der Waals surface area contributed by atoms with Gasteiger partial charge in [-0.05, 0) is 12.8 Å². The molecule has 5 nitrogen and oxygen atoms in total. The maximum Gasteiger partial charge on any atom is 0.296 e. The van der Waals surface area contributed by atoms with Crippen LogP contribution in [-0.2, 0) is 21.0 Å². The molecule has 0 aromatic carbocycles. The van der Waals surface area contributed by atoms with E-state index in [1.807, 2.05) is 27.7 Å². The van der Waals surface area contributed by atoms with Gasteiger partial charge in [0.1, 0.15) is 5.82 Å². The van der Waals surface area contributed by atoms with Crippen molar-refractivity contribution in [1.29, 1.82) is 0 Å². The fourth-order valence-corrected chi connectivity index (χ4v) is 2.47. The Kier molecular flexibility index (Phi) is 4.19. The van der Waals surface area contributed by atoms with E-state index in [9.17, 15) is 8.42 Å². The molecular weight excluding hydrogens is 262 g/mol. The Bertz CT molecular complexity index is 494. The van der Waals surface area contributed by atoms with Crippen molar-refractivity contribution >= 4 is 19.7 Å². The smallest absolute Gasteiger partial charge is 0.296 e. The number of halogens is 1. The average molecular weight is 280 g/mol. The van der Waals surface area contributed by atoms with Crippen LogP contribution in [0.1, 0.15) is 46.4 Å². The van der Waals surface area contributed by atoms with Crippen molar-refractivity contribution in [3.63, 3.8) is 0 Å². The van der Waals surface area contributed by atoms with Gasteiger partial charge in [-0.25, -0.2) is 8.42 Å². The third-order valence-electron chi connectivity index (χ3n) is 2.87. The van der Waals surface area contributed by atoms with Crippen LogP contribution in [0.15, 0.2) is 5.16 Å². The Morgan fingerprint density at radius 3 is 2.29 bits per heavy atom. The van der Waals surface area contributed by atoms with Crippen LogP contribution in [0, 0.1) is 0 Å². The first-order valence-electron chi connectivity index (χ1n) is 5.62. The van der Waals surface area contributed by atoms with Crippen molar-refractivity contribution in [2.45, 2.75) is 57.7 Å². The number of aromatic nitrogens is 3. The molecule has 17 heavy (non-hydrogen) atoms. The van der Waals surface area contributed by atoms with E-state index in [1.165, 1.54) is 0 Å². The summed E-state index contributed by atoms with van der Waals surface area (Å²) >= 11 is 0. The average Bonchev–Trinajstić information content (AvgIpc) is 2.62. The number of nitrogens with zero attached hydrogens (tertiary/aromatic N) is 3. The maximum absolute atomic E-state index is 11.4. The van der Waals surface area contributed by atoms with E-state index in [1.54, 1.807) is 4.57 Å². The normalized spacial score (nSPS) is 13.0. The Balaban J connectivity index is 3.40. The summed E-state index contributed by atoms with van der Waals surface area (Å²) in [6.45, 7) is 8.56. The summed E-state index contributed by atoms with van der Waals surface area (Å²) < 4.78 is 24.4. The van der Waals surface area contributed by atoms with Crippen LogP contribution < -0.4 is 0 Å². The van der Waals surface area contributed by atoms with Crippen molar-refractivity contribution in [3.8, 4) is 0 Å². The lowest BCUT2D eigenvalue weighted by molar-refractivity contribution is 0.430. The fraction of sp³-hybridized carbons (Fsp3) is 0.800. The molecule has 1 aromatic rings. The molecule has 0 aliphatic heterocycles. The molecule has 0 saturated carbocycles. The van der Waals surface area contributed by atoms with Crippen LogP contribution in [0.25, 0.3) is 0 Å². The topological polar surface area (TPSA) is 64.8 Å². The second-order valence-corrected chi connectivity index (χ2v) is 7.09. The third kappa shape index (κ3) is 2.98. The lowest BCUT2D eigenvalue weighted by Crippen LogP contribution is -2.23. The highest BCUT2D eigenvalue weighted by atomic mass is 35.7. The first-order chi connectivity index (χ1) is 7.74. The zero-order valence-corrected chi connectivity index (χ0v) is 12.1. The fourth-order valence-electron chi connectivity index (χ4n) is 1.55. The summed E-state index contributed by atoms with van der Waals surface area (Å²) in [5.41, 5.74) is -0.220. The lowest BCUT2D eigenvalue weighted by Gasteiger charge is -2.22. The first-order valence-corrected chi connectivity index (χ1v) is 7.93. The van der Waals surface area contributed by atoms with E-state index < -0.39 is 9.05 Å². The van der Waals surface area contributed by atoms with E-state index in [2.05, 4.69) is 10.2 Å². The molecule has 1 aromatic heterocycles. The third-order valence-corrected chi connectivity index (χ3v) is 4.02. The van der Waals surface area contributed by atoms with Gasteiger partial charge in [-0.15, -0.1) is 10.2 Å². The highest BCUT2D eigenvalue weighted by Gasteiger charge is 2.30. The second-order valence-electron chi connectivity index (χ2n) is 4.63. The van der Waals surface area contributed by atoms with Gasteiger partial charge in [-0.3, -0.25) is 0 Å². The zero-order chi connectivity index (χ0) is 13.3. The molecule has 0 spiro atoms. The molecule has 0 saturated heterocycles. The van der Waals surface area contributed by atoms with Gasteiger partial charge in [0.2, 0.25) is 0 Å². The van der Waals surface area contributed by atoms with Crippen LogP contribution in [0.4, 0.5) is 0 Å². The largest absolute Gasteiger partial charge is 0.300 e. The minimum Gasteiger partial charge on any atom is -0.300 e. The standard InChI is InChI=1S/C10H18ClN3O2S/c1-5-7-14-8(10(3,4)6-2)12-13-9(14)17(11,15)16/h5-7H2,1-4H3. The predicted molar refractivity (Wildman–Crippen MR) is 66.7 cm³/mol. The minimum absolute atomic E-state index is 0.155. The minimum atomic E-state index is -3.84. The molecule has 7 heteroatoms. The van der Waals surface area contributed by atoms with Gasteiger partial charge in [0.15, 0.2) is 0 Å². The highest BCUT2D eigenvalue weighted by molar-refractivity contribution is 8.13. The molecule has 98 valence electrons. The summed E-state index contributed by atoms with van der Waals surface area (Å²) in [7, 11) is 1.51. The number of hydrogen-bond donors (Lipinski definition) is 0. The predicted octanol–water partition coefficient (Wildman–Crippen LogP) is 2.30. The van der Waals surface area contributed by atoms with Gasteiger partial charge in [-0.2, -0.15) is 0 Å². The SMILES string of the molecule is CCCn1c(C(C)(C)CC)nnc1S(=O)(=O)Cl. The Morgan fingerprint density at radius 1 is 1.29 bits per heavy atom. The lowest BCUT2D eigenvalue weighted by atomic mass is 9.89. The monoisotopic (exact) mass is 279 g/mol. The Labute approximate surface area is 107 Å². The second kappa shape index (κ2) is 4.94. The summed E-state index contributed by atoms with van der Waals surface area (Å²) in [4.78, 5) is 0. The summed E-state index contributed by atoms with van der Waals surface area (Å²) in [5.74, 6) is 0.668. The molecule has 1 rings (SSSR count). The molecule has 0 unspecified atom stereocenters. The number of rotatable bonds is 5. The molecule has 0 atom stereocenters. The summed E-state index contributed by atoms with van der Waals surface area (Å²) in [6, 6.07) is 0. The van der Waals surface area contributed by atoms with Crippen LogP contribution in [0.5, 0.6) is 0 Å². The van der Waals surface area contributed by atoms with E-state index >= 15 is 0 Å². The molecule has 0 radical (unpaired) electrons. The van der Waals surface area contributed by atoms with E-state index in [0.717, 1.165) is 12.8 Å². The van der Waals surface area contributed by atoms with Crippen LogP contribution in [0.2, 0.25) is 0 Å². The molecular formula is C10H18ClN3O2S. The van der Waals surface area contributed by atoms with Crippen molar-refractivity contribution in [2.24, 2.45) is 0 Å². The van der Waals surface area contributed by atoms with E-state index in [-0.39, 0.29) is 10.6 Å². The van der Waals surface area contributed by atoms with Gasteiger partial charge >= 0.3 is 0 Å². The molecule has 0 aliphatic rings. The zero-order valence-electron chi connectivity index (χ0n) is 10.6. The van der Waals surface area contributed by atoms with Gasteiger partial charge in [-0.1, -0.05) is 27.7 Å². The van der Waals surface area contributed by atoms with Gasteiger partial charge in [0.05, 0.1) is 0 Å². The van der Waals surface area contributed by atoms with E-state index in [4.69, 9.17) is 10.7 Å². The van der Waals surface area contributed by atoms with Crippen LogP contribution >= 0.6 is 10.7 Å². The Hall–Kier alpha value is -0.620. The molecule has 0 N–H and O–H groups in total. The van der Waals surface area contributed by atoms with Crippen molar-refractivity contribution in [1.82, 2.24) is 14.8 Å². The molecule has 0 amide bonds. The number of hydrogen-bond acceptors (Lipinski definition) is 4. The van der Waals surface area contributed by atoms with Gasteiger partial charge in [0, 0.05) is 22.6 Å². The first kappa shape index (κ1) is 14.4.